The van der Waals surface area contributed by atoms with Crippen LogP contribution in [0.15, 0.2) is 12.1 Å². The average molecular weight is 259 g/mol. The zero-order valence-corrected chi connectivity index (χ0v) is 11.9. The third-order valence-electron chi connectivity index (χ3n) is 4.55. The lowest BCUT2D eigenvalue weighted by atomic mass is 10.0. The Kier molecular flexibility index (Phi) is 2.96. The second-order valence-corrected chi connectivity index (χ2v) is 5.71. The first-order chi connectivity index (χ1) is 9.11. The molecule has 2 bridgehead atoms. The summed E-state index contributed by atoms with van der Waals surface area (Å²) in [6, 6.07) is 4.50. The standard InChI is InChI=1S/C15H21N3O/c1-4-10(2)14(19)12-5-6-13-15(16-12)17(3)11-7-8-18(13)9-11/h5-6,10-11H,4,7-9H2,1-3H3. The van der Waals surface area contributed by atoms with E-state index in [1.807, 2.05) is 19.9 Å². The molecule has 2 aliphatic heterocycles. The molecule has 0 N–H and O–H groups in total. The van der Waals surface area contributed by atoms with Crippen LogP contribution in [0.4, 0.5) is 11.5 Å². The van der Waals surface area contributed by atoms with Crippen LogP contribution in [0.3, 0.4) is 0 Å². The van der Waals surface area contributed by atoms with Gasteiger partial charge in [0.1, 0.15) is 5.69 Å². The molecule has 0 saturated carbocycles. The van der Waals surface area contributed by atoms with Gasteiger partial charge in [0.25, 0.3) is 0 Å². The van der Waals surface area contributed by atoms with Crippen LogP contribution < -0.4 is 9.80 Å². The number of rotatable bonds is 3. The molecule has 0 amide bonds. The third-order valence-corrected chi connectivity index (χ3v) is 4.55. The largest absolute Gasteiger partial charge is 0.366 e. The highest BCUT2D eigenvalue weighted by Crippen LogP contribution is 2.37. The van der Waals surface area contributed by atoms with Gasteiger partial charge in [0, 0.05) is 32.1 Å². The molecule has 2 atom stereocenters. The minimum Gasteiger partial charge on any atom is -0.366 e. The Morgan fingerprint density at radius 3 is 3.05 bits per heavy atom. The van der Waals surface area contributed by atoms with Crippen LogP contribution >= 0.6 is 0 Å². The summed E-state index contributed by atoms with van der Waals surface area (Å²) < 4.78 is 0. The zero-order chi connectivity index (χ0) is 13.6. The van der Waals surface area contributed by atoms with Crippen LogP contribution in [0.5, 0.6) is 0 Å². The molecule has 19 heavy (non-hydrogen) atoms. The quantitative estimate of drug-likeness (QED) is 0.781. The van der Waals surface area contributed by atoms with Gasteiger partial charge in [-0.2, -0.15) is 0 Å². The maximum absolute atomic E-state index is 12.3. The third kappa shape index (κ3) is 1.90. The molecule has 102 valence electrons. The lowest BCUT2D eigenvalue weighted by molar-refractivity contribution is 0.0922. The Morgan fingerprint density at radius 2 is 2.32 bits per heavy atom. The van der Waals surface area contributed by atoms with E-state index in [1.54, 1.807) is 0 Å². The van der Waals surface area contributed by atoms with E-state index in [1.165, 1.54) is 12.1 Å². The second-order valence-electron chi connectivity index (χ2n) is 5.71. The molecule has 4 heteroatoms. The molecule has 4 nitrogen and oxygen atoms in total. The van der Waals surface area contributed by atoms with Gasteiger partial charge in [-0.3, -0.25) is 4.79 Å². The molecule has 3 heterocycles. The van der Waals surface area contributed by atoms with Crippen LogP contribution in [0.1, 0.15) is 37.2 Å². The van der Waals surface area contributed by atoms with Crippen molar-refractivity contribution in [2.24, 2.45) is 5.92 Å². The van der Waals surface area contributed by atoms with E-state index < -0.39 is 0 Å². The summed E-state index contributed by atoms with van der Waals surface area (Å²) in [5, 5.41) is 0. The molecular formula is C15H21N3O. The number of likely N-dealkylation sites (N-methyl/N-ethyl adjacent to an activating group) is 1. The molecule has 1 aromatic heterocycles. The Bertz CT molecular complexity index is 514. The van der Waals surface area contributed by atoms with E-state index in [-0.39, 0.29) is 11.7 Å². The normalized spacial score (nSPS) is 22.4. The zero-order valence-electron chi connectivity index (χ0n) is 11.9. The first-order valence-corrected chi connectivity index (χ1v) is 7.14. The number of aromatic nitrogens is 1. The fraction of sp³-hybridized carbons (Fsp3) is 0.600. The summed E-state index contributed by atoms with van der Waals surface area (Å²) in [5.41, 5.74) is 1.79. The van der Waals surface area contributed by atoms with E-state index in [0.717, 1.165) is 25.3 Å². The Hall–Kier alpha value is -1.58. The van der Waals surface area contributed by atoms with Gasteiger partial charge in [-0.05, 0) is 25.0 Å². The lowest BCUT2D eigenvalue weighted by Gasteiger charge is -2.34. The molecule has 1 aromatic rings. The van der Waals surface area contributed by atoms with E-state index >= 15 is 0 Å². The second kappa shape index (κ2) is 4.51. The number of anilines is 2. The SMILES string of the molecule is CCC(C)C(=O)c1ccc2c(n1)N(C)C1CCN2C1. The Labute approximate surface area is 114 Å². The van der Waals surface area contributed by atoms with Crippen LogP contribution in [0.2, 0.25) is 0 Å². The number of fused-ring (bicyclic) bond motifs is 4. The maximum atomic E-state index is 12.3. The molecule has 3 rings (SSSR count). The predicted molar refractivity (Wildman–Crippen MR) is 77.0 cm³/mol. The van der Waals surface area contributed by atoms with Gasteiger partial charge in [-0.25, -0.2) is 4.98 Å². The molecule has 0 aliphatic carbocycles. The van der Waals surface area contributed by atoms with Crippen molar-refractivity contribution >= 4 is 17.3 Å². The maximum Gasteiger partial charge on any atom is 0.184 e. The highest BCUT2D eigenvalue weighted by molar-refractivity contribution is 5.97. The van der Waals surface area contributed by atoms with E-state index in [0.29, 0.717) is 11.7 Å². The van der Waals surface area contributed by atoms with Gasteiger partial charge in [0.15, 0.2) is 11.6 Å². The molecule has 1 saturated heterocycles. The highest BCUT2D eigenvalue weighted by atomic mass is 16.1. The van der Waals surface area contributed by atoms with E-state index in [2.05, 4.69) is 27.9 Å². The first kappa shape index (κ1) is 12.5. The highest BCUT2D eigenvalue weighted by Gasteiger charge is 2.35. The summed E-state index contributed by atoms with van der Waals surface area (Å²) in [7, 11) is 2.09. The summed E-state index contributed by atoms with van der Waals surface area (Å²) in [6.07, 6.45) is 2.05. The van der Waals surface area contributed by atoms with Crippen molar-refractivity contribution in [3.8, 4) is 0 Å². The van der Waals surface area contributed by atoms with Gasteiger partial charge in [-0.15, -0.1) is 0 Å². The number of pyridine rings is 1. The molecule has 0 spiro atoms. The fourth-order valence-corrected chi connectivity index (χ4v) is 2.97. The van der Waals surface area contributed by atoms with Crippen LogP contribution in [0.25, 0.3) is 0 Å². The van der Waals surface area contributed by atoms with Crippen LogP contribution in [0, 0.1) is 5.92 Å². The average Bonchev–Trinajstić information content (AvgIpc) is 2.89. The number of nitrogens with zero attached hydrogens (tertiary/aromatic N) is 3. The van der Waals surface area contributed by atoms with E-state index in [4.69, 9.17) is 0 Å². The molecule has 0 aromatic carbocycles. The van der Waals surface area contributed by atoms with Crippen molar-refractivity contribution in [2.45, 2.75) is 32.7 Å². The summed E-state index contributed by atoms with van der Waals surface area (Å²) in [5.74, 6) is 1.19. The van der Waals surface area contributed by atoms with Gasteiger partial charge >= 0.3 is 0 Å². The van der Waals surface area contributed by atoms with Gasteiger partial charge in [0.05, 0.1) is 5.69 Å². The molecular weight excluding hydrogens is 238 g/mol. The number of carbonyl (C=O) groups is 1. The summed E-state index contributed by atoms with van der Waals surface area (Å²) in [4.78, 5) is 21.5. The van der Waals surface area contributed by atoms with Crippen molar-refractivity contribution < 1.29 is 4.79 Å². The van der Waals surface area contributed by atoms with E-state index in [9.17, 15) is 4.79 Å². The van der Waals surface area contributed by atoms with Gasteiger partial charge in [-0.1, -0.05) is 13.8 Å². The lowest BCUT2D eigenvalue weighted by Crippen LogP contribution is -2.40. The Morgan fingerprint density at radius 1 is 1.53 bits per heavy atom. The van der Waals surface area contributed by atoms with Crippen LogP contribution in [-0.2, 0) is 0 Å². The number of hydrogen-bond donors (Lipinski definition) is 0. The topological polar surface area (TPSA) is 36.4 Å². The van der Waals surface area contributed by atoms with Crippen LogP contribution in [-0.4, -0.2) is 36.9 Å². The Balaban J connectivity index is 1.98. The monoisotopic (exact) mass is 259 g/mol. The summed E-state index contributed by atoms with van der Waals surface area (Å²) >= 11 is 0. The minimum atomic E-state index is 0.0523. The number of Topliss-reactive ketones (excluding diaryl/α,β-unsaturated/α-hetero) is 1. The van der Waals surface area contributed by atoms with Gasteiger partial charge in [0.2, 0.25) is 0 Å². The molecule has 2 aliphatic rings. The van der Waals surface area contributed by atoms with Crippen molar-refractivity contribution in [2.75, 3.05) is 29.9 Å². The molecule has 2 unspecified atom stereocenters. The molecule has 1 fully saturated rings. The van der Waals surface area contributed by atoms with Crippen molar-refractivity contribution in [1.29, 1.82) is 0 Å². The van der Waals surface area contributed by atoms with Crippen molar-refractivity contribution in [3.05, 3.63) is 17.8 Å². The smallest absolute Gasteiger partial charge is 0.184 e. The van der Waals surface area contributed by atoms with Crippen molar-refractivity contribution in [1.82, 2.24) is 4.98 Å². The number of carbonyl (C=O) groups excluding carboxylic acids is 1. The van der Waals surface area contributed by atoms with Gasteiger partial charge < -0.3 is 9.80 Å². The number of hydrogen-bond acceptors (Lipinski definition) is 4. The minimum absolute atomic E-state index is 0.0523. The number of ketones is 1. The molecule has 0 radical (unpaired) electrons. The summed E-state index contributed by atoms with van der Waals surface area (Å²) in [6.45, 7) is 6.20. The predicted octanol–water partition coefficient (Wildman–Crippen LogP) is 2.34. The first-order valence-electron chi connectivity index (χ1n) is 7.14. The fourth-order valence-electron chi connectivity index (χ4n) is 2.97. The van der Waals surface area contributed by atoms with Crippen molar-refractivity contribution in [3.63, 3.8) is 0 Å².